The summed E-state index contributed by atoms with van der Waals surface area (Å²) in [4.78, 5) is 24.1. The molecule has 1 atom stereocenters. The lowest BCUT2D eigenvalue weighted by Gasteiger charge is -2.41. The quantitative estimate of drug-likeness (QED) is 0.270. The van der Waals surface area contributed by atoms with Crippen molar-refractivity contribution in [3.05, 3.63) is 62.2 Å². The number of nitrogens with zero attached hydrogens (tertiary/aromatic N) is 1. The van der Waals surface area contributed by atoms with Gasteiger partial charge in [-0.3, -0.25) is 14.7 Å². The molecule has 2 aliphatic rings. The van der Waals surface area contributed by atoms with Crippen LogP contribution in [0.4, 0.5) is 5.69 Å². The minimum absolute atomic E-state index is 0.132. The molecule has 2 heterocycles. The highest BCUT2D eigenvalue weighted by atomic mass is 31.2. The molecule has 174 valence electrons. The molecule has 1 aromatic rings. The van der Waals surface area contributed by atoms with Crippen LogP contribution in [0.5, 0.6) is 0 Å². The van der Waals surface area contributed by atoms with Crippen LogP contribution in [-0.4, -0.2) is 31.2 Å². The predicted octanol–water partition coefficient (Wildman–Crippen LogP) is 5.01. The molecular formula is C22H29N2O7P. The van der Waals surface area contributed by atoms with Gasteiger partial charge in [-0.05, 0) is 26.7 Å². The van der Waals surface area contributed by atoms with Crippen LogP contribution in [0.1, 0.15) is 52.0 Å². The van der Waals surface area contributed by atoms with Gasteiger partial charge in [0.15, 0.2) is 0 Å². The van der Waals surface area contributed by atoms with E-state index in [0.29, 0.717) is 11.4 Å². The second kappa shape index (κ2) is 9.17. The van der Waals surface area contributed by atoms with Gasteiger partial charge in [0.1, 0.15) is 0 Å². The summed E-state index contributed by atoms with van der Waals surface area (Å²) in [6.07, 6.45) is 1.58. The molecule has 0 aliphatic carbocycles. The van der Waals surface area contributed by atoms with E-state index in [-0.39, 0.29) is 40.8 Å². The maximum Gasteiger partial charge on any atom is 0.360 e. The number of hydrogen-bond acceptors (Lipinski definition) is 8. The summed E-state index contributed by atoms with van der Waals surface area (Å²) in [6, 6.07) is 6.08. The zero-order valence-electron chi connectivity index (χ0n) is 19.0. The van der Waals surface area contributed by atoms with Crippen molar-refractivity contribution >= 4 is 19.3 Å². The van der Waals surface area contributed by atoms with E-state index in [1.165, 1.54) is 13.2 Å². The molecule has 0 saturated carbocycles. The maximum atomic E-state index is 14.1. The summed E-state index contributed by atoms with van der Waals surface area (Å²) in [5.41, 5.74) is 0.837. The fourth-order valence-electron chi connectivity index (χ4n) is 4.25. The summed E-state index contributed by atoms with van der Waals surface area (Å²) in [5.74, 6) is -1.70. The van der Waals surface area contributed by atoms with Gasteiger partial charge in [-0.2, -0.15) is 0 Å². The average Bonchev–Trinajstić information content (AvgIpc) is 2.78. The number of carbonyl (C=O) groups is 1. The van der Waals surface area contributed by atoms with Crippen LogP contribution >= 0.6 is 7.60 Å². The number of nitrogens with one attached hydrogen (secondary N) is 1. The number of benzene rings is 1. The second-order valence-electron chi connectivity index (χ2n) is 8.17. The third-order valence-electron chi connectivity index (χ3n) is 6.45. The lowest BCUT2D eigenvalue weighted by molar-refractivity contribution is -0.385. The minimum atomic E-state index is -3.88. The van der Waals surface area contributed by atoms with Crippen LogP contribution in [-0.2, 0) is 23.1 Å². The van der Waals surface area contributed by atoms with Crippen molar-refractivity contribution < 1.29 is 28.1 Å². The number of nitro groups is 1. The standard InChI is InChI=1S/C22H29N2O7P/c1-6-22(7-2)12-30-32(28,31-13-22)20-15(4)23-14(3)18(21(25)29-5)19(20)16-10-8-9-11-17(16)24(26)27/h8-11,19,23H,6-7,12-13H2,1-5H3. The predicted molar refractivity (Wildman–Crippen MR) is 119 cm³/mol. The summed E-state index contributed by atoms with van der Waals surface area (Å²) in [5, 5.41) is 15.1. The first-order valence-electron chi connectivity index (χ1n) is 10.5. The van der Waals surface area contributed by atoms with Crippen LogP contribution < -0.4 is 5.32 Å². The fraction of sp³-hybridized carbons (Fsp3) is 0.500. The van der Waals surface area contributed by atoms with Gasteiger partial charge >= 0.3 is 13.6 Å². The Hall–Kier alpha value is -2.48. The van der Waals surface area contributed by atoms with Gasteiger partial charge in [0.25, 0.3) is 5.69 Å². The molecule has 3 rings (SSSR count). The van der Waals surface area contributed by atoms with E-state index in [1.807, 2.05) is 13.8 Å². The van der Waals surface area contributed by atoms with Gasteiger partial charge in [0.05, 0.1) is 42.1 Å². The lowest BCUT2D eigenvalue weighted by atomic mass is 9.84. The molecular weight excluding hydrogens is 435 g/mol. The first-order valence-corrected chi connectivity index (χ1v) is 12.1. The van der Waals surface area contributed by atoms with Crippen LogP contribution in [0.3, 0.4) is 0 Å². The molecule has 0 amide bonds. The molecule has 1 fully saturated rings. The molecule has 1 N–H and O–H groups in total. The molecule has 0 radical (unpaired) electrons. The Morgan fingerprint density at radius 2 is 1.81 bits per heavy atom. The van der Waals surface area contributed by atoms with E-state index in [4.69, 9.17) is 13.8 Å². The van der Waals surface area contributed by atoms with Crippen molar-refractivity contribution in [3.8, 4) is 0 Å². The molecule has 0 aromatic heterocycles. The summed E-state index contributed by atoms with van der Waals surface area (Å²) in [7, 11) is -2.65. The number of esters is 1. The zero-order valence-corrected chi connectivity index (χ0v) is 19.9. The molecule has 1 unspecified atom stereocenters. The highest BCUT2D eigenvalue weighted by molar-refractivity contribution is 7.58. The van der Waals surface area contributed by atoms with Crippen molar-refractivity contribution in [2.75, 3.05) is 20.3 Å². The largest absolute Gasteiger partial charge is 0.466 e. The van der Waals surface area contributed by atoms with E-state index < -0.39 is 24.4 Å². The van der Waals surface area contributed by atoms with Crippen LogP contribution in [0.25, 0.3) is 0 Å². The number of rotatable bonds is 6. The van der Waals surface area contributed by atoms with Crippen molar-refractivity contribution in [2.24, 2.45) is 5.41 Å². The summed E-state index contributed by atoms with van der Waals surface area (Å²) < 4.78 is 30.9. The molecule has 32 heavy (non-hydrogen) atoms. The molecule has 9 nitrogen and oxygen atoms in total. The fourth-order valence-corrected chi connectivity index (χ4v) is 6.54. The maximum absolute atomic E-state index is 14.1. The second-order valence-corrected chi connectivity index (χ2v) is 10.2. The number of allylic oxidation sites excluding steroid dienone is 3. The van der Waals surface area contributed by atoms with E-state index in [9.17, 15) is 19.5 Å². The number of para-hydroxylation sites is 1. The molecule has 0 bridgehead atoms. The lowest BCUT2D eigenvalue weighted by Crippen LogP contribution is -2.36. The Morgan fingerprint density at radius 1 is 1.22 bits per heavy atom. The van der Waals surface area contributed by atoms with E-state index >= 15 is 0 Å². The average molecular weight is 464 g/mol. The Labute approximate surface area is 187 Å². The number of nitro benzene ring substituents is 1. The highest BCUT2D eigenvalue weighted by Gasteiger charge is 2.50. The first kappa shape index (κ1) is 24.2. The van der Waals surface area contributed by atoms with Crippen molar-refractivity contribution in [1.82, 2.24) is 5.32 Å². The Morgan fingerprint density at radius 3 is 2.34 bits per heavy atom. The third kappa shape index (κ3) is 4.12. The van der Waals surface area contributed by atoms with Gasteiger partial charge in [0, 0.05) is 28.4 Å². The van der Waals surface area contributed by atoms with E-state index in [1.54, 1.807) is 32.0 Å². The normalized spacial score (nSPS) is 22.3. The molecule has 1 aromatic carbocycles. The number of carbonyl (C=O) groups excluding carboxylic acids is 1. The van der Waals surface area contributed by atoms with Crippen molar-refractivity contribution in [2.45, 2.75) is 46.5 Å². The minimum Gasteiger partial charge on any atom is -0.466 e. The highest BCUT2D eigenvalue weighted by Crippen LogP contribution is 2.67. The topological polar surface area (TPSA) is 117 Å². The van der Waals surface area contributed by atoms with Gasteiger partial charge < -0.3 is 19.1 Å². The van der Waals surface area contributed by atoms with Crippen LogP contribution in [0.2, 0.25) is 0 Å². The number of ether oxygens (including phenoxy) is 1. The Kier molecular flexibility index (Phi) is 6.93. The van der Waals surface area contributed by atoms with Gasteiger partial charge in [0.2, 0.25) is 0 Å². The van der Waals surface area contributed by atoms with Crippen LogP contribution in [0.15, 0.2) is 46.5 Å². The molecule has 1 saturated heterocycles. The van der Waals surface area contributed by atoms with Crippen LogP contribution in [0, 0.1) is 15.5 Å². The number of dihydropyridines is 1. The first-order chi connectivity index (χ1) is 15.1. The smallest absolute Gasteiger partial charge is 0.360 e. The SMILES string of the molecule is CCC1(CC)COP(=O)(C2=C(C)NC(C)=C(C(=O)OC)C2c2ccccc2[N+](=O)[O-])OC1. The van der Waals surface area contributed by atoms with Gasteiger partial charge in [-0.1, -0.05) is 32.0 Å². The monoisotopic (exact) mass is 464 g/mol. The summed E-state index contributed by atoms with van der Waals surface area (Å²) >= 11 is 0. The third-order valence-corrected chi connectivity index (χ3v) is 8.57. The Balaban J connectivity index is 2.20. The van der Waals surface area contributed by atoms with E-state index in [2.05, 4.69) is 5.32 Å². The van der Waals surface area contributed by atoms with Gasteiger partial charge in [-0.25, -0.2) is 4.79 Å². The molecule has 10 heteroatoms. The number of methoxy groups -OCH3 is 1. The van der Waals surface area contributed by atoms with Gasteiger partial charge in [-0.15, -0.1) is 0 Å². The Bertz CT molecular complexity index is 1030. The molecule has 2 aliphatic heterocycles. The molecule has 0 spiro atoms. The van der Waals surface area contributed by atoms with E-state index in [0.717, 1.165) is 12.8 Å². The zero-order chi connectivity index (χ0) is 23.7. The number of hydrogen-bond donors (Lipinski definition) is 1. The summed E-state index contributed by atoms with van der Waals surface area (Å²) in [6.45, 7) is 7.88. The van der Waals surface area contributed by atoms with Crippen molar-refractivity contribution in [3.63, 3.8) is 0 Å². The van der Waals surface area contributed by atoms with Crippen molar-refractivity contribution in [1.29, 1.82) is 0 Å².